The highest BCUT2D eigenvalue weighted by atomic mass is 32.2. The van der Waals surface area contributed by atoms with Crippen LogP contribution >= 0.6 is 0 Å². The summed E-state index contributed by atoms with van der Waals surface area (Å²) in [7, 11) is -4.03. The molecule has 8 heteroatoms. The van der Waals surface area contributed by atoms with Crippen LogP contribution in [0.1, 0.15) is 12.0 Å². The summed E-state index contributed by atoms with van der Waals surface area (Å²) in [5.74, 6) is -2.33. The number of carbonyl (C=O) groups excluding carboxylic acids is 1. The second-order valence-electron chi connectivity index (χ2n) is 3.99. The van der Waals surface area contributed by atoms with Gasteiger partial charge in [0.2, 0.25) is 0 Å². The Morgan fingerprint density at radius 2 is 1.84 bits per heavy atom. The minimum Gasteiger partial charge on any atom is -0.481 e. The van der Waals surface area contributed by atoms with Crippen molar-refractivity contribution in [1.29, 1.82) is 0 Å². The second kappa shape index (κ2) is 5.81. The molecule has 0 aliphatic heterocycles. The van der Waals surface area contributed by atoms with Gasteiger partial charge in [0.25, 0.3) is 15.9 Å². The first kappa shape index (κ1) is 15.1. The van der Waals surface area contributed by atoms with Gasteiger partial charge in [0.15, 0.2) is 0 Å². The maximum atomic E-state index is 11.8. The number of carboxylic acids is 1. The molecular formula is C11H14N2O5S. The van der Waals surface area contributed by atoms with E-state index in [4.69, 9.17) is 10.8 Å². The van der Waals surface area contributed by atoms with Crippen molar-refractivity contribution in [1.82, 2.24) is 4.72 Å². The van der Waals surface area contributed by atoms with Gasteiger partial charge >= 0.3 is 5.97 Å². The Labute approximate surface area is 110 Å². The van der Waals surface area contributed by atoms with Crippen molar-refractivity contribution < 1.29 is 23.1 Å². The van der Waals surface area contributed by atoms with Gasteiger partial charge in [-0.05, 0) is 19.1 Å². The Balaban J connectivity index is 2.83. The lowest BCUT2D eigenvalue weighted by Crippen LogP contribution is -2.44. The van der Waals surface area contributed by atoms with Gasteiger partial charge in [0.05, 0.1) is 17.4 Å². The van der Waals surface area contributed by atoms with Gasteiger partial charge in [-0.1, -0.05) is 17.7 Å². The number of benzene rings is 1. The Bertz CT molecular complexity index is 580. The van der Waals surface area contributed by atoms with E-state index in [1.165, 1.54) is 12.1 Å². The van der Waals surface area contributed by atoms with Crippen LogP contribution in [0.4, 0.5) is 0 Å². The van der Waals surface area contributed by atoms with Crippen LogP contribution in [-0.4, -0.2) is 31.4 Å². The molecule has 0 aromatic heterocycles. The van der Waals surface area contributed by atoms with Gasteiger partial charge in [-0.25, -0.2) is 13.1 Å². The number of aliphatic carboxylic acids is 1. The third-order valence-electron chi connectivity index (χ3n) is 2.30. The van der Waals surface area contributed by atoms with Crippen molar-refractivity contribution in [2.24, 2.45) is 5.73 Å². The van der Waals surface area contributed by atoms with Gasteiger partial charge in [-0.2, -0.15) is 0 Å². The van der Waals surface area contributed by atoms with E-state index in [1.807, 2.05) is 0 Å². The maximum absolute atomic E-state index is 11.8. The van der Waals surface area contributed by atoms with E-state index < -0.39 is 34.4 Å². The minimum atomic E-state index is -4.03. The number of hydrogen-bond acceptors (Lipinski definition) is 5. The summed E-state index contributed by atoms with van der Waals surface area (Å²) < 4.78 is 25.4. The van der Waals surface area contributed by atoms with Crippen LogP contribution < -0.4 is 10.5 Å². The molecule has 0 bridgehead atoms. The standard InChI is InChI=1S/C11H14N2O5S/c1-7-2-4-8(5-3-7)19(17,18)13-11(16)9(12)6-10(14)15/h2-5,9H,6,12H2,1H3,(H,13,16)(H,14,15)/t9-/m0/s1. The molecule has 19 heavy (non-hydrogen) atoms. The molecule has 7 nitrogen and oxygen atoms in total. The van der Waals surface area contributed by atoms with Gasteiger partial charge in [-0.15, -0.1) is 0 Å². The molecule has 0 radical (unpaired) electrons. The zero-order chi connectivity index (χ0) is 14.6. The fourth-order valence-electron chi connectivity index (χ4n) is 1.27. The third kappa shape index (κ3) is 4.34. The van der Waals surface area contributed by atoms with Crippen LogP contribution in [0, 0.1) is 6.92 Å². The molecule has 0 fully saturated rings. The van der Waals surface area contributed by atoms with Crippen LogP contribution in [-0.2, 0) is 19.6 Å². The summed E-state index contributed by atoms with van der Waals surface area (Å²) in [5.41, 5.74) is 6.14. The summed E-state index contributed by atoms with van der Waals surface area (Å²) in [6.07, 6.45) is -0.644. The summed E-state index contributed by atoms with van der Waals surface area (Å²) >= 11 is 0. The molecule has 0 saturated carbocycles. The largest absolute Gasteiger partial charge is 0.481 e. The highest BCUT2D eigenvalue weighted by Gasteiger charge is 2.23. The van der Waals surface area contributed by atoms with E-state index in [0.717, 1.165) is 5.56 Å². The average Bonchev–Trinajstić information content (AvgIpc) is 2.27. The number of aryl methyl sites for hydroxylation is 1. The van der Waals surface area contributed by atoms with Gasteiger partial charge in [0.1, 0.15) is 0 Å². The number of sulfonamides is 1. The van der Waals surface area contributed by atoms with E-state index in [0.29, 0.717) is 0 Å². The topological polar surface area (TPSA) is 127 Å². The molecule has 0 aliphatic carbocycles. The molecule has 4 N–H and O–H groups in total. The first-order chi connectivity index (χ1) is 8.72. The number of hydrogen-bond donors (Lipinski definition) is 3. The van der Waals surface area contributed by atoms with Crippen molar-refractivity contribution in [3.05, 3.63) is 29.8 Å². The van der Waals surface area contributed by atoms with Crippen molar-refractivity contribution >= 4 is 21.9 Å². The summed E-state index contributed by atoms with van der Waals surface area (Å²) in [4.78, 5) is 21.7. The van der Waals surface area contributed by atoms with Gasteiger partial charge < -0.3 is 10.8 Å². The van der Waals surface area contributed by atoms with Crippen LogP contribution in [0.25, 0.3) is 0 Å². The Kier molecular flexibility index (Phi) is 4.62. The highest BCUT2D eigenvalue weighted by Crippen LogP contribution is 2.09. The van der Waals surface area contributed by atoms with Crippen LogP contribution in [0.15, 0.2) is 29.2 Å². The van der Waals surface area contributed by atoms with E-state index in [-0.39, 0.29) is 4.90 Å². The van der Waals surface area contributed by atoms with Crippen molar-refractivity contribution in [2.45, 2.75) is 24.3 Å². The summed E-state index contributed by atoms with van der Waals surface area (Å²) in [6.45, 7) is 1.79. The van der Waals surface area contributed by atoms with Crippen molar-refractivity contribution in [3.63, 3.8) is 0 Å². The molecule has 0 unspecified atom stereocenters. The van der Waals surface area contributed by atoms with Crippen molar-refractivity contribution in [3.8, 4) is 0 Å². The number of nitrogens with one attached hydrogen (secondary N) is 1. The number of carbonyl (C=O) groups is 2. The zero-order valence-corrected chi connectivity index (χ0v) is 11.0. The molecule has 1 aromatic rings. The molecule has 1 aromatic carbocycles. The molecule has 0 spiro atoms. The van der Waals surface area contributed by atoms with Crippen LogP contribution in [0.2, 0.25) is 0 Å². The lowest BCUT2D eigenvalue weighted by molar-refractivity contribution is -0.139. The third-order valence-corrected chi connectivity index (χ3v) is 3.66. The lowest BCUT2D eigenvalue weighted by Gasteiger charge is -2.11. The molecule has 0 aliphatic rings. The fraction of sp³-hybridized carbons (Fsp3) is 0.273. The SMILES string of the molecule is Cc1ccc(S(=O)(=O)NC(=O)[C@@H](N)CC(=O)O)cc1. The molecule has 0 heterocycles. The molecule has 1 rings (SSSR count). The Morgan fingerprint density at radius 3 is 2.32 bits per heavy atom. The Morgan fingerprint density at radius 1 is 1.32 bits per heavy atom. The monoisotopic (exact) mass is 286 g/mol. The van der Waals surface area contributed by atoms with E-state index in [2.05, 4.69) is 0 Å². The predicted octanol–water partition coefficient (Wildman–Crippen LogP) is -0.398. The molecule has 1 atom stereocenters. The summed E-state index contributed by atoms with van der Waals surface area (Å²) in [6, 6.07) is 4.42. The highest BCUT2D eigenvalue weighted by molar-refractivity contribution is 7.90. The second-order valence-corrected chi connectivity index (χ2v) is 5.67. The minimum absolute atomic E-state index is 0.0889. The summed E-state index contributed by atoms with van der Waals surface area (Å²) in [5, 5.41) is 8.47. The molecular weight excluding hydrogens is 272 g/mol. The molecule has 1 amide bonds. The normalized spacial score (nSPS) is 12.7. The zero-order valence-electron chi connectivity index (χ0n) is 10.2. The number of carboxylic acid groups (broad SMARTS) is 1. The predicted molar refractivity (Wildman–Crippen MR) is 66.7 cm³/mol. The van der Waals surface area contributed by atoms with Crippen LogP contribution in [0.5, 0.6) is 0 Å². The molecule has 0 saturated heterocycles. The molecule has 104 valence electrons. The Hall–Kier alpha value is -1.93. The number of amides is 1. The van der Waals surface area contributed by atoms with Crippen LogP contribution in [0.3, 0.4) is 0 Å². The number of rotatable bonds is 5. The van der Waals surface area contributed by atoms with Crippen molar-refractivity contribution in [2.75, 3.05) is 0 Å². The van der Waals surface area contributed by atoms with E-state index in [1.54, 1.807) is 23.8 Å². The average molecular weight is 286 g/mol. The van der Waals surface area contributed by atoms with E-state index in [9.17, 15) is 18.0 Å². The van der Waals surface area contributed by atoms with Gasteiger partial charge in [0, 0.05) is 0 Å². The smallest absolute Gasteiger partial charge is 0.305 e. The maximum Gasteiger partial charge on any atom is 0.305 e. The van der Waals surface area contributed by atoms with Gasteiger partial charge in [-0.3, -0.25) is 9.59 Å². The van der Waals surface area contributed by atoms with E-state index >= 15 is 0 Å². The first-order valence-electron chi connectivity index (χ1n) is 5.33. The quantitative estimate of drug-likeness (QED) is 0.676. The number of nitrogens with two attached hydrogens (primary N) is 1. The fourth-order valence-corrected chi connectivity index (χ4v) is 2.29. The lowest BCUT2D eigenvalue weighted by atomic mass is 10.2. The first-order valence-corrected chi connectivity index (χ1v) is 6.81.